The summed E-state index contributed by atoms with van der Waals surface area (Å²) in [5, 5.41) is 3.99. The molecule has 4 heteroatoms. The average molecular weight is 295 g/mol. The molecule has 0 aromatic heterocycles. The molecule has 0 aliphatic carbocycles. The summed E-state index contributed by atoms with van der Waals surface area (Å²) in [6.07, 6.45) is 2.05. The SMILES string of the molecule is CNC1CCN(C(=O)C(C)(C)c2ccc(Cl)cc2)CC1. The van der Waals surface area contributed by atoms with Crippen molar-refractivity contribution in [2.75, 3.05) is 20.1 Å². The Balaban J connectivity index is 2.09. The van der Waals surface area contributed by atoms with Crippen molar-refractivity contribution >= 4 is 17.5 Å². The molecule has 1 aliphatic heterocycles. The first-order chi connectivity index (χ1) is 9.45. The molecule has 0 radical (unpaired) electrons. The molecule has 2 rings (SSSR count). The van der Waals surface area contributed by atoms with E-state index in [0.717, 1.165) is 31.5 Å². The summed E-state index contributed by atoms with van der Waals surface area (Å²) in [5.74, 6) is 0.203. The molecule has 1 amide bonds. The number of amides is 1. The first kappa shape index (κ1) is 15.3. The molecule has 20 heavy (non-hydrogen) atoms. The summed E-state index contributed by atoms with van der Waals surface area (Å²) in [4.78, 5) is 14.8. The minimum Gasteiger partial charge on any atom is -0.342 e. The lowest BCUT2D eigenvalue weighted by molar-refractivity contribution is -0.137. The van der Waals surface area contributed by atoms with Crippen LogP contribution < -0.4 is 5.32 Å². The van der Waals surface area contributed by atoms with Gasteiger partial charge in [-0.25, -0.2) is 0 Å². The number of likely N-dealkylation sites (tertiary alicyclic amines) is 1. The predicted octanol–water partition coefficient (Wildman–Crippen LogP) is 2.83. The van der Waals surface area contributed by atoms with Crippen LogP contribution in [0.3, 0.4) is 0 Å². The largest absolute Gasteiger partial charge is 0.342 e. The fourth-order valence-corrected chi connectivity index (χ4v) is 2.88. The van der Waals surface area contributed by atoms with Gasteiger partial charge in [0.25, 0.3) is 0 Å². The van der Waals surface area contributed by atoms with Crippen molar-refractivity contribution in [2.24, 2.45) is 0 Å². The first-order valence-corrected chi connectivity index (χ1v) is 7.55. The Morgan fingerprint density at radius 1 is 1.25 bits per heavy atom. The van der Waals surface area contributed by atoms with Gasteiger partial charge in [0.1, 0.15) is 0 Å². The zero-order valence-corrected chi connectivity index (χ0v) is 13.2. The molecule has 0 saturated carbocycles. The number of nitrogens with one attached hydrogen (secondary N) is 1. The molecule has 1 aromatic carbocycles. The number of hydrogen-bond donors (Lipinski definition) is 1. The Morgan fingerprint density at radius 2 is 1.80 bits per heavy atom. The number of piperidine rings is 1. The van der Waals surface area contributed by atoms with Crippen LogP contribution in [0.15, 0.2) is 24.3 Å². The molecule has 1 fully saturated rings. The summed E-state index contributed by atoms with van der Waals surface area (Å²) >= 11 is 5.92. The van der Waals surface area contributed by atoms with Crippen LogP contribution in [-0.4, -0.2) is 37.0 Å². The maximum Gasteiger partial charge on any atom is 0.232 e. The van der Waals surface area contributed by atoms with E-state index in [1.54, 1.807) is 0 Å². The molecule has 1 aromatic rings. The van der Waals surface area contributed by atoms with E-state index in [0.29, 0.717) is 11.1 Å². The van der Waals surface area contributed by atoms with Crippen molar-refractivity contribution in [3.8, 4) is 0 Å². The van der Waals surface area contributed by atoms with Crippen molar-refractivity contribution < 1.29 is 4.79 Å². The molecular formula is C16H23ClN2O. The van der Waals surface area contributed by atoms with Crippen LogP contribution in [0.4, 0.5) is 0 Å². The zero-order valence-electron chi connectivity index (χ0n) is 12.4. The summed E-state index contributed by atoms with van der Waals surface area (Å²) in [6, 6.07) is 8.12. The Morgan fingerprint density at radius 3 is 2.30 bits per heavy atom. The van der Waals surface area contributed by atoms with E-state index in [-0.39, 0.29) is 5.91 Å². The molecular weight excluding hydrogens is 272 g/mol. The van der Waals surface area contributed by atoms with Crippen LogP contribution in [0.1, 0.15) is 32.3 Å². The average Bonchev–Trinajstić information content (AvgIpc) is 2.47. The number of nitrogens with zero attached hydrogens (tertiary/aromatic N) is 1. The quantitative estimate of drug-likeness (QED) is 0.930. The van der Waals surface area contributed by atoms with Gasteiger partial charge in [-0.05, 0) is 51.4 Å². The van der Waals surface area contributed by atoms with Gasteiger partial charge in [-0.2, -0.15) is 0 Å². The second-order valence-electron chi connectivity index (χ2n) is 5.99. The highest BCUT2D eigenvalue weighted by atomic mass is 35.5. The lowest BCUT2D eigenvalue weighted by atomic mass is 9.82. The summed E-state index contributed by atoms with van der Waals surface area (Å²) in [6.45, 7) is 5.65. The molecule has 0 bridgehead atoms. The van der Waals surface area contributed by atoms with Crippen LogP contribution in [0.25, 0.3) is 0 Å². The molecule has 0 spiro atoms. The predicted molar refractivity (Wildman–Crippen MR) is 83.1 cm³/mol. The monoisotopic (exact) mass is 294 g/mol. The van der Waals surface area contributed by atoms with E-state index in [2.05, 4.69) is 5.32 Å². The highest BCUT2D eigenvalue weighted by molar-refractivity contribution is 6.30. The Labute approximate surface area is 126 Å². The van der Waals surface area contributed by atoms with Gasteiger partial charge in [-0.15, -0.1) is 0 Å². The van der Waals surface area contributed by atoms with Crippen molar-refractivity contribution in [3.63, 3.8) is 0 Å². The van der Waals surface area contributed by atoms with E-state index in [9.17, 15) is 4.79 Å². The lowest BCUT2D eigenvalue weighted by Crippen LogP contribution is -2.49. The highest BCUT2D eigenvalue weighted by Crippen LogP contribution is 2.28. The molecule has 1 heterocycles. The van der Waals surface area contributed by atoms with E-state index < -0.39 is 5.41 Å². The van der Waals surface area contributed by atoms with Gasteiger partial charge in [0, 0.05) is 24.2 Å². The normalized spacial score (nSPS) is 17.3. The molecule has 1 N–H and O–H groups in total. The molecule has 1 aliphatic rings. The van der Waals surface area contributed by atoms with Gasteiger partial charge in [-0.3, -0.25) is 4.79 Å². The van der Waals surface area contributed by atoms with Crippen molar-refractivity contribution in [2.45, 2.75) is 38.1 Å². The number of rotatable bonds is 3. The van der Waals surface area contributed by atoms with Crippen molar-refractivity contribution in [1.29, 1.82) is 0 Å². The summed E-state index contributed by atoms with van der Waals surface area (Å²) < 4.78 is 0. The van der Waals surface area contributed by atoms with Crippen molar-refractivity contribution in [3.05, 3.63) is 34.9 Å². The van der Waals surface area contributed by atoms with E-state index in [1.807, 2.05) is 50.1 Å². The second kappa shape index (κ2) is 6.15. The van der Waals surface area contributed by atoms with E-state index in [4.69, 9.17) is 11.6 Å². The van der Waals surface area contributed by atoms with Gasteiger partial charge >= 0.3 is 0 Å². The summed E-state index contributed by atoms with van der Waals surface area (Å²) in [7, 11) is 1.99. The number of carbonyl (C=O) groups is 1. The van der Waals surface area contributed by atoms with Gasteiger partial charge in [-0.1, -0.05) is 23.7 Å². The highest BCUT2D eigenvalue weighted by Gasteiger charge is 2.35. The van der Waals surface area contributed by atoms with Crippen LogP contribution in [0.5, 0.6) is 0 Å². The van der Waals surface area contributed by atoms with Crippen LogP contribution >= 0.6 is 11.6 Å². The first-order valence-electron chi connectivity index (χ1n) is 7.18. The third-order valence-corrected chi connectivity index (χ3v) is 4.54. The lowest BCUT2D eigenvalue weighted by Gasteiger charge is -2.37. The third-order valence-electron chi connectivity index (χ3n) is 4.29. The van der Waals surface area contributed by atoms with Crippen LogP contribution in [0, 0.1) is 0 Å². The van der Waals surface area contributed by atoms with Crippen LogP contribution in [-0.2, 0) is 10.2 Å². The minimum atomic E-state index is -0.503. The molecule has 110 valence electrons. The van der Waals surface area contributed by atoms with Crippen molar-refractivity contribution in [1.82, 2.24) is 10.2 Å². The number of hydrogen-bond acceptors (Lipinski definition) is 2. The fourth-order valence-electron chi connectivity index (χ4n) is 2.76. The molecule has 0 atom stereocenters. The van der Waals surface area contributed by atoms with E-state index in [1.165, 1.54) is 0 Å². The molecule has 0 unspecified atom stereocenters. The maximum absolute atomic E-state index is 12.8. The molecule has 3 nitrogen and oxygen atoms in total. The Kier molecular flexibility index (Phi) is 4.71. The number of halogens is 1. The van der Waals surface area contributed by atoms with Gasteiger partial charge < -0.3 is 10.2 Å². The standard InChI is InChI=1S/C16H23ClN2O/c1-16(2,12-4-6-13(17)7-5-12)15(20)19-10-8-14(18-3)9-11-19/h4-7,14,18H,8-11H2,1-3H3. The van der Waals surface area contributed by atoms with E-state index >= 15 is 0 Å². The van der Waals surface area contributed by atoms with Gasteiger partial charge in [0.2, 0.25) is 5.91 Å². The minimum absolute atomic E-state index is 0.203. The van der Waals surface area contributed by atoms with Gasteiger partial charge in [0.05, 0.1) is 5.41 Å². The van der Waals surface area contributed by atoms with Gasteiger partial charge in [0.15, 0.2) is 0 Å². The third kappa shape index (κ3) is 3.15. The second-order valence-corrected chi connectivity index (χ2v) is 6.42. The topological polar surface area (TPSA) is 32.3 Å². The number of carbonyl (C=O) groups excluding carboxylic acids is 1. The Hall–Kier alpha value is -1.06. The molecule has 1 saturated heterocycles. The Bertz CT molecular complexity index is 462. The van der Waals surface area contributed by atoms with Crippen LogP contribution in [0.2, 0.25) is 5.02 Å². The smallest absolute Gasteiger partial charge is 0.232 e. The zero-order chi connectivity index (χ0) is 14.8. The summed E-state index contributed by atoms with van der Waals surface area (Å²) in [5.41, 5.74) is 0.513. The number of benzene rings is 1. The fraction of sp³-hybridized carbons (Fsp3) is 0.562. The maximum atomic E-state index is 12.8.